The van der Waals surface area contributed by atoms with E-state index in [-0.39, 0.29) is 5.41 Å². The van der Waals surface area contributed by atoms with Crippen LogP contribution in [0.1, 0.15) is 73.6 Å². The van der Waals surface area contributed by atoms with E-state index in [4.69, 9.17) is 30.4 Å². The zero-order valence-electron chi connectivity index (χ0n) is 38.6. The summed E-state index contributed by atoms with van der Waals surface area (Å²) in [5, 5.41) is 19.9. The lowest BCUT2D eigenvalue weighted by molar-refractivity contribution is 0.588. The molecule has 0 N–H and O–H groups in total. The third-order valence-corrected chi connectivity index (χ3v) is 14.7. The van der Waals surface area contributed by atoms with Crippen molar-refractivity contribution < 1.29 is 0 Å². The molecule has 6 nitrogen and oxygen atoms in total. The van der Waals surface area contributed by atoms with E-state index >= 15 is 0 Å². The van der Waals surface area contributed by atoms with Gasteiger partial charge in [0.05, 0.1) is 5.41 Å². The van der Waals surface area contributed by atoms with Crippen molar-refractivity contribution in [1.82, 2.24) is 30.4 Å². The molecule has 0 saturated carbocycles. The zero-order valence-corrected chi connectivity index (χ0v) is 38.6. The van der Waals surface area contributed by atoms with Crippen LogP contribution in [-0.4, -0.2) is 30.4 Å². The van der Waals surface area contributed by atoms with Crippen molar-refractivity contribution in [3.63, 3.8) is 0 Å². The number of aromatic nitrogens is 6. The van der Waals surface area contributed by atoms with Gasteiger partial charge in [0.1, 0.15) is 22.8 Å². The van der Waals surface area contributed by atoms with E-state index in [1.54, 1.807) is 0 Å². The molecule has 2 aromatic heterocycles. The molecule has 1 atom stereocenters. The predicted octanol–water partition coefficient (Wildman–Crippen LogP) is 14.3. The van der Waals surface area contributed by atoms with E-state index in [0.29, 0.717) is 11.6 Å². The highest BCUT2D eigenvalue weighted by atomic mass is 15.2. The van der Waals surface area contributed by atoms with Crippen molar-refractivity contribution in [2.24, 2.45) is 0 Å². The molecule has 3 heterocycles. The Morgan fingerprint density at radius 3 is 1.34 bits per heavy atom. The van der Waals surface area contributed by atoms with Crippen molar-refractivity contribution in [2.45, 2.75) is 50.9 Å². The smallest absolute Gasteiger partial charge is 0.182 e. The van der Waals surface area contributed by atoms with Crippen LogP contribution in [0.5, 0.6) is 0 Å². The average molecular weight is 875 g/mol. The van der Waals surface area contributed by atoms with Gasteiger partial charge in [0.2, 0.25) is 0 Å². The van der Waals surface area contributed by atoms with Crippen LogP contribution in [0.15, 0.2) is 188 Å². The predicted molar refractivity (Wildman–Crippen MR) is 273 cm³/mol. The minimum Gasteiger partial charge on any atom is -0.224 e. The van der Waals surface area contributed by atoms with Crippen LogP contribution in [0.4, 0.5) is 0 Å². The Balaban J connectivity index is 1.12. The van der Waals surface area contributed by atoms with Crippen LogP contribution in [0.3, 0.4) is 0 Å². The van der Waals surface area contributed by atoms with E-state index in [1.165, 1.54) is 61.2 Å². The topological polar surface area (TPSA) is 77.3 Å². The van der Waals surface area contributed by atoms with Crippen LogP contribution in [0, 0.1) is 0 Å². The molecule has 2 aliphatic carbocycles. The van der Waals surface area contributed by atoms with E-state index < -0.39 is 10.8 Å². The number of hydrogen-bond acceptors (Lipinski definition) is 6. The summed E-state index contributed by atoms with van der Waals surface area (Å²) >= 11 is 0. The Hall–Kier alpha value is -8.22. The Kier molecular flexibility index (Phi) is 8.63. The first-order valence-electron chi connectivity index (χ1n) is 23.5. The van der Waals surface area contributed by atoms with Crippen molar-refractivity contribution in [2.75, 3.05) is 0 Å². The van der Waals surface area contributed by atoms with Crippen LogP contribution in [0.25, 0.3) is 90.1 Å². The number of nitrogens with zero attached hydrogens (tertiary/aromatic N) is 6. The monoisotopic (exact) mass is 874 g/mol. The third-order valence-electron chi connectivity index (χ3n) is 14.7. The molecule has 0 saturated heterocycles. The highest BCUT2D eigenvalue weighted by Crippen LogP contribution is 2.64. The van der Waals surface area contributed by atoms with Crippen molar-refractivity contribution >= 4 is 0 Å². The Bertz CT molecular complexity index is 3690. The molecular formula is C62H46N6. The molecule has 6 bridgehead atoms. The normalized spacial score (nSPS) is 15.6. The Morgan fingerprint density at radius 1 is 0.338 bits per heavy atom. The first-order valence-corrected chi connectivity index (χ1v) is 23.5. The average Bonchev–Trinajstić information content (AvgIpc) is 3.84. The summed E-state index contributed by atoms with van der Waals surface area (Å²) < 4.78 is 0. The van der Waals surface area contributed by atoms with Gasteiger partial charge >= 0.3 is 0 Å². The number of benzene rings is 8. The molecule has 1 spiro atoms. The van der Waals surface area contributed by atoms with Gasteiger partial charge in [0.15, 0.2) is 11.6 Å². The molecule has 13 rings (SSSR count). The van der Waals surface area contributed by atoms with Gasteiger partial charge in [0.25, 0.3) is 0 Å². The summed E-state index contributed by atoms with van der Waals surface area (Å²) in [5.74, 6) is 1.16. The molecule has 0 fully saturated rings. The first kappa shape index (κ1) is 40.1. The maximum Gasteiger partial charge on any atom is 0.182 e. The molecule has 1 aliphatic heterocycles. The number of rotatable bonds is 4. The fourth-order valence-corrected chi connectivity index (χ4v) is 11.2. The molecule has 68 heavy (non-hydrogen) atoms. The highest BCUT2D eigenvalue weighted by molar-refractivity contribution is 5.97. The van der Waals surface area contributed by atoms with Crippen LogP contribution < -0.4 is 0 Å². The molecule has 6 heteroatoms. The second-order valence-corrected chi connectivity index (χ2v) is 20.0. The van der Waals surface area contributed by atoms with Crippen LogP contribution in [0.2, 0.25) is 0 Å². The van der Waals surface area contributed by atoms with Crippen molar-refractivity contribution in [1.29, 1.82) is 0 Å². The summed E-state index contributed by atoms with van der Waals surface area (Å²) in [6.45, 7) is 11.6. The van der Waals surface area contributed by atoms with Gasteiger partial charge in [-0.2, -0.15) is 0 Å². The molecule has 1 unspecified atom stereocenters. The number of fused-ring (bicyclic) bond motifs is 11. The second kappa shape index (κ2) is 14.6. The Morgan fingerprint density at radius 2 is 0.779 bits per heavy atom. The molecule has 0 radical (unpaired) electrons. The standard InChI is InChI=1S/C62H46N6/c1-60(2,3)42-27-31-46-47-32-28-43-36-53(47)62(52(46)35-42)50-33-40(58-63-54(37-17-9-6-10-18-37)55(65-67-58)38-19-11-7-12-20-38)25-29-44(50)45-30-26-41(34-51(45)62)59-64-57(48-23-15-16-24-49(48)61(43,4)5)56(66-68-59)39-21-13-8-14-22-39/h6-36H,1-5H3. The van der Waals surface area contributed by atoms with Gasteiger partial charge < -0.3 is 0 Å². The summed E-state index contributed by atoms with van der Waals surface area (Å²) in [4.78, 5) is 10.9. The summed E-state index contributed by atoms with van der Waals surface area (Å²) in [5.41, 5.74) is 21.0. The van der Waals surface area contributed by atoms with Gasteiger partial charge in [-0.3, -0.25) is 0 Å². The Labute approximate surface area is 396 Å². The fourth-order valence-electron chi connectivity index (χ4n) is 11.2. The third kappa shape index (κ3) is 5.83. The van der Waals surface area contributed by atoms with E-state index in [0.717, 1.165) is 56.2 Å². The minimum atomic E-state index is -0.720. The lowest BCUT2D eigenvalue weighted by atomic mass is 9.67. The van der Waals surface area contributed by atoms with Gasteiger partial charge in [0, 0.05) is 38.8 Å². The van der Waals surface area contributed by atoms with Gasteiger partial charge in [-0.05, 0) is 78.7 Å². The molecule has 324 valence electrons. The maximum atomic E-state index is 5.52. The molecular weight excluding hydrogens is 829 g/mol. The number of hydrogen-bond donors (Lipinski definition) is 0. The summed E-state index contributed by atoms with van der Waals surface area (Å²) in [6, 6.07) is 67.5. The SMILES string of the molecule is CC(C)(C)c1ccc2c(c1)C13c4cc(-c5nnc(-c6ccccc6)c(-c6ccccc6)n5)ccc4-c4ccc(cc41)-c1nnc(-c4ccccc4)c(n1)-c1ccccc1C(C)(C)c1ccc-2c3c1. The van der Waals surface area contributed by atoms with E-state index in [1.807, 2.05) is 54.6 Å². The van der Waals surface area contributed by atoms with Crippen molar-refractivity contribution in [3.05, 3.63) is 227 Å². The fraction of sp³-hybridized carbons (Fsp3) is 0.129. The summed E-state index contributed by atoms with van der Waals surface area (Å²) in [7, 11) is 0. The van der Waals surface area contributed by atoms with Crippen LogP contribution in [-0.2, 0) is 16.2 Å². The lowest BCUT2D eigenvalue weighted by Gasteiger charge is -2.34. The summed E-state index contributed by atoms with van der Waals surface area (Å²) in [6.07, 6.45) is 0. The second-order valence-electron chi connectivity index (χ2n) is 20.0. The maximum absolute atomic E-state index is 5.52. The van der Waals surface area contributed by atoms with Gasteiger partial charge in [-0.1, -0.05) is 211 Å². The highest BCUT2D eigenvalue weighted by Gasteiger charge is 2.53. The van der Waals surface area contributed by atoms with Gasteiger partial charge in [-0.15, -0.1) is 20.4 Å². The van der Waals surface area contributed by atoms with E-state index in [2.05, 4.69) is 168 Å². The zero-order chi connectivity index (χ0) is 45.9. The minimum absolute atomic E-state index is 0.0984. The van der Waals surface area contributed by atoms with Crippen LogP contribution >= 0.6 is 0 Å². The van der Waals surface area contributed by atoms with E-state index in [9.17, 15) is 0 Å². The lowest BCUT2D eigenvalue weighted by Crippen LogP contribution is -2.28. The largest absolute Gasteiger partial charge is 0.224 e. The van der Waals surface area contributed by atoms with Crippen molar-refractivity contribution in [3.8, 4) is 90.1 Å². The first-order chi connectivity index (χ1) is 33.1. The van der Waals surface area contributed by atoms with Gasteiger partial charge in [-0.25, -0.2) is 9.97 Å². The molecule has 3 aliphatic rings. The molecule has 0 amide bonds. The molecule has 8 aromatic carbocycles. The quantitative estimate of drug-likeness (QED) is 0.175. The molecule has 10 aromatic rings.